The number of hydrogen-bond donors (Lipinski definition) is 1. The number of rotatable bonds is 9. The first-order valence-electron chi connectivity index (χ1n) is 9.74. The van der Waals surface area contributed by atoms with Crippen LogP contribution in [0, 0.1) is 5.41 Å². The van der Waals surface area contributed by atoms with E-state index in [0.29, 0.717) is 17.1 Å². The molecular weight excluding hydrogens is 418 g/mol. The Balaban J connectivity index is 1.44. The molecule has 2 amide bonds. The molecule has 0 N–H and O–H groups in total. The average molecular weight is 442 g/mol. The summed E-state index contributed by atoms with van der Waals surface area (Å²) in [7, 11) is 0. The molecule has 1 heterocycles. The quantitative estimate of drug-likeness (QED) is 0.212. The molecule has 0 unspecified atom stereocenters. The van der Waals surface area contributed by atoms with Crippen LogP contribution in [0.3, 0.4) is 0 Å². The SMILES string of the molecule is CC(C)(CS)C(=O)c1ccc(OCCOC(=O)CN2C(=O)c3ccccc3C2=O)cc1. The van der Waals surface area contributed by atoms with E-state index in [0.717, 1.165) is 4.90 Å². The lowest BCUT2D eigenvalue weighted by Crippen LogP contribution is -2.36. The van der Waals surface area contributed by atoms with E-state index in [-0.39, 0.29) is 30.1 Å². The summed E-state index contributed by atoms with van der Waals surface area (Å²) < 4.78 is 10.6. The number of esters is 1. The number of imide groups is 1. The molecule has 2 aromatic rings. The number of benzene rings is 2. The molecule has 0 fully saturated rings. The lowest BCUT2D eigenvalue weighted by molar-refractivity contribution is -0.144. The van der Waals surface area contributed by atoms with Gasteiger partial charge in [-0.05, 0) is 36.4 Å². The Kier molecular flexibility index (Phi) is 6.80. The number of carbonyl (C=O) groups excluding carboxylic acids is 4. The average Bonchev–Trinajstić information content (AvgIpc) is 3.01. The van der Waals surface area contributed by atoms with E-state index in [1.54, 1.807) is 48.5 Å². The van der Waals surface area contributed by atoms with Gasteiger partial charge in [0.15, 0.2) is 5.78 Å². The van der Waals surface area contributed by atoms with Crippen LogP contribution in [-0.4, -0.2) is 54.0 Å². The highest BCUT2D eigenvalue weighted by Crippen LogP contribution is 2.25. The highest BCUT2D eigenvalue weighted by atomic mass is 32.1. The predicted molar refractivity (Wildman–Crippen MR) is 117 cm³/mol. The molecule has 1 aliphatic rings. The van der Waals surface area contributed by atoms with Crippen molar-refractivity contribution >= 4 is 36.2 Å². The van der Waals surface area contributed by atoms with Crippen molar-refractivity contribution in [2.75, 3.05) is 25.5 Å². The van der Waals surface area contributed by atoms with Gasteiger partial charge in [-0.2, -0.15) is 12.6 Å². The van der Waals surface area contributed by atoms with Crippen LogP contribution in [0.5, 0.6) is 5.75 Å². The van der Waals surface area contributed by atoms with Crippen LogP contribution >= 0.6 is 12.6 Å². The van der Waals surface area contributed by atoms with Gasteiger partial charge < -0.3 is 9.47 Å². The normalized spacial score (nSPS) is 13.2. The van der Waals surface area contributed by atoms with Gasteiger partial charge in [-0.3, -0.25) is 24.1 Å². The minimum atomic E-state index is -0.701. The van der Waals surface area contributed by atoms with Crippen molar-refractivity contribution in [3.8, 4) is 5.75 Å². The van der Waals surface area contributed by atoms with Crippen LogP contribution in [0.1, 0.15) is 44.9 Å². The number of amides is 2. The third-order valence-electron chi connectivity index (χ3n) is 4.91. The summed E-state index contributed by atoms with van der Waals surface area (Å²) in [6.07, 6.45) is 0. The number of thiol groups is 1. The molecule has 0 aromatic heterocycles. The molecule has 8 heteroatoms. The van der Waals surface area contributed by atoms with Crippen molar-refractivity contribution in [2.24, 2.45) is 5.41 Å². The van der Waals surface area contributed by atoms with E-state index < -0.39 is 29.7 Å². The number of Topliss-reactive ketones (excluding diaryl/α,β-unsaturated/α-hetero) is 1. The first-order chi connectivity index (χ1) is 14.7. The number of ether oxygens (including phenoxy) is 2. The van der Waals surface area contributed by atoms with E-state index in [9.17, 15) is 19.2 Å². The first-order valence-corrected chi connectivity index (χ1v) is 10.4. The Morgan fingerprint density at radius 1 is 0.935 bits per heavy atom. The molecule has 0 spiro atoms. The second-order valence-electron chi connectivity index (χ2n) is 7.71. The summed E-state index contributed by atoms with van der Waals surface area (Å²) in [5, 5.41) is 0. The van der Waals surface area contributed by atoms with Gasteiger partial charge in [-0.1, -0.05) is 26.0 Å². The van der Waals surface area contributed by atoms with E-state index in [1.165, 1.54) is 0 Å². The number of hydrogen-bond acceptors (Lipinski definition) is 7. The zero-order chi connectivity index (χ0) is 22.6. The largest absolute Gasteiger partial charge is 0.490 e. The van der Waals surface area contributed by atoms with E-state index in [4.69, 9.17) is 9.47 Å². The van der Waals surface area contributed by atoms with Crippen LogP contribution in [0.2, 0.25) is 0 Å². The minimum absolute atomic E-state index is 0.00358. The molecule has 1 aliphatic heterocycles. The van der Waals surface area contributed by atoms with E-state index >= 15 is 0 Å². The molecular formula is C23H23NO6S. The second kappa shape index (κ2) is 9.34. The van der Waals surface area contributed by atoms with Crippen molar-refractivity contribution < 1.29 is 28.7 Å². The number of nitrogens with zero attached hydrogens (tertiary/aromatic N) is 1. The third-order valence-corrected chi connectivity index (χ3v) is 5.70. The number of carbonyl (C=O) groups is 4. The monoisotopic (exact) mass is 441 g/mol. The molecule has 2 aromatic carbocycles. The summed E-state index contributed by atoms with van der Waals surface area (Å²) in [5.41, 5.74) is 0.574. The van der Waals surface area contributed by atoms with Crippen LogP contribution in [-0.2, 0) is 9.53 Å². The van der Waals surface area contributed by atoms with Gasteiger partial charge in [0.05, 0.1) is 11.1 Å². The molecule has 0 atom stereocenters. The maximum absolute atomic E-state index is 12.4. The second-order valence-corrected chi connectivity index (χ2v) is 8.02. The zero-order valence-corrected chi connectivity index (χ0v) is 18.2. The summed E-state index contributed by atoms with van der Waals surface area (Å²) in [6.45, 7) is 3.26. The Morgan fingerprint density at radius 3 is 2.06 bits per heavy atom. The number of fused-ring (bicyclic) bond motifs is 1. The lowest BCUT2D eigenvalue weighted by Gasteiger charge is -2.20. The summed E-state index contributed by atoms with van der Waals surface area (Å²) in [5.74, 6) is -0.759. The van der Waals surface area contributed by atoms with Gasteiger partial charge in [0.25, 0.3) is 11.8 Å². The molecule has 162 valence electrons. The predicted octanol–water partition coefficient (Wildman–Crippen LogP) is 3.04. The smallest absolute Gasteiger partial charge is 0.326 e. The molecule has 0 bridgehead atoms. The van der Waals surface area contributed by atoms with E-state index in [1.807, 2.05) is 13.8 Å². The zero-order valence-electron chi connectivity index (χ0n) is 17.3. The molecule has 0 saturated carbocycles. The maximum Gasteiger partial charge on any atom is 0.326 e. The molecule has 31 heavy (non-hydrogen) atoms. The Morgan fingerprint density at radius 2 is 1.52 bits per heavy atom. The standard InChI is InChI=1S/C23H23NO6S/c1-23(2,14-31)20(26)15-7-9-16(10-8-15)29-11-12-30-19(25)13-24-21(27)17-5-3-4-6-18(17)22(24)28/h3-10,31H,11-14H2,1-2H3. The van der Waals surface area contributed by atoms with Gasteiger partial charge in [0.1, 0.15) is 25.5 Å². The summed E-state index contributed by atoms with van der Waals surface area (Å²) in [4.78, 5) is 49.8. The van der Waals surface area contributed by atoms with Crippen LogP contribution in [0.25, 0.3) is 0 Å². The van der Waals surface area contributed by atoms with Crippen LogP contribution in [0.15, 0.2) is 48.5 Å². The molecule has 0 aliphatic carbocycles. The Hall–Kier alpha value is -3.13. The van der Waals surface area contributed by atoms with Crippen molar-refractivity contribution in [1.82, 2.24) is 4.90 Å². The van der Waals surface area contributed by atoms with Gasteiger partial charge in [-0.25, -0.2) is 0 Å². The number of ketones is 1. The maximum atomic E-state index is 12.4. The van der Waals surface area contributed by atoms with Crippen molar-refractivity contribution in [2.45, 2.75) is 13.8 Å². The molecule has 0 saturated heterocycles. The van der Waals surface area contributed by atoms with Gasteiger partial charge in [0.2, 0.25) is 0 Å². The molecule has 3 rings (SSSR count). The fraction of sp³-hybridized carbons (Fsp3) is 0.304. The fourth-order valence-corrected chi connectivity index (χ4v) is 3.18. The van der Waals surface area contributed by atoms with E-state index in [2.05, 4.69) is 12.6 Å². The Labute approximate surface area is 185 Å². The first kappa shape index (κ1) is 22.6. The minimum Gasteiger partial charge on any atom is -0.490 e. The summed E-state index contributed by atoms with van der Waals surface area (Å²) >= 11 is 4.22. The lowest BCUT2D eigenvalue weighted by atomic mass is 9.86. The third kappa shape index (κ3) is 4.96. The highest BCUT2D eigenvalue weighted by molar-refractivity contribution is 7.80. The van der Waals surface area contributed by atoms with Crippen LogP contribution in [0.4, 0.5) is 0 Å². The van der Waals surface area contributed by atoms with Crippen molar-refractivity contribution in [3.05, 3.63) is 65.2 Å². The Bertz CT molecular complexity index is 980. The molecule has 0 radical (unpaired) electrons. The van der Waals surface area contributed by atoms with Crippen LogP contribution < -0.4 is 4.74 Å². The van der Waals surface area contributed by atoms with Gasteiger partial charge in [-0.15, -0.1) is 0 Å². The highest BCUT2D eigenvalue weighted by Gasteiger charge is 2.36. The van der Waals surface area contributed by atoms with Gasteiger partial charge in [0, 0.05) is 16.7 Å². The molecule has 7 nitrogen and oxygen atoms in total. The van der Waals surface area contributed by atoms with Crippen molar-refractivity contribution in [1.29, 1.82) is 0 Å². The van der Waals surface area contributed by atoms with Gasteiger partial charge >= 0.3 is 5.97 Å². The summed E-state index contributed by atoms with van der Waals surface area (Å²) in [6, 6.07) is 13.1. The fourth-order valence-electron chi connectivity index (χ4n) is 3.04. The van der Waals surface area contributed by atoms with Crippen molar-refractivity contribution in [3.63, 3.8) is 0 Å². The topological polar surface area (TPSA) is 90.0 Å².